The molecule has 1 heterocycles. The zero-order chi connectivity index (χ0) is 17.6. The van der Waals surface area contributed by atoms with E-state index in [1.165, 1.54) is 34.9 Å². The van der Waals surface area contributed by atoms with E-state index in [-0.39, 0.29) is 24.0 Å². The van der Waals surface area contributed by atoms with Gasteiger partial charge >= 0.3 is 0 Å². The fourth-order valence-corrected chi connectivity index (χ4v) is 3.11. The van der Waals surface area contributed by atoms with E-state index in [0.717, 1.165) is 44.6 Å². The lowest BCUT2D eigenvalue weighted by atomic mass is 10.1. The number of aromatic nitrogens is 1. The zero-order valence-electron chi connectivity index (χ0n) is 16.0. The first-order valence-corrected chi connectivity index (χ1v) is 9.24. The highest BCUT2D eigenvalue weighted by molar-refractivity contribution is 14.0. The number of H-pyrrole nitrogens is 1. The first kappa shape index (κ1) is 21.0. The van der Waals surface area contributed by atoms with E-state index >= 15 is 0 Å². The van der Waals surface area contributed by atoms with Gasteiger partial charge in [-0.05, 0) is 43.2 Å². The van der Waals surface area contributed by atoms with Gasteiger partial charge in [-0.15, -0.1) is 24.0 Å². The predicted octanol–water partition coefficient (Wildman–Crippen LogP) is 3.57. The van der Waals surface area contributed by atoms with Gasteiger partial charge in [0.25, 0.3) is 0 Å². The molecule has 0 spiro atoms. The van der Waals surface area contributed by atoms with Gasteiger partial charge in [0.15, 0.2) is 5.96 Å². The zero-order valence-corrected chi connectivity index (χ0v) is 18.4. The van der Waals surface area contributed by atoms with Gasteiger partial charge in [0.2, 0.25) is 0 Å². The van der Waals surface area contributed by atoms with Crippen molar-refractivity contribution in [2.75, 3.05) is 40.4 Å². The highest BCUT2D eigenvalue weighted by Crippen LogP contribution is 2.28. The molecule has 3 rings (SSSR count). The second kappa shape index (κ2) is 10.2. The van der Waals surface area contributed by atoms with E-state index in [4.69, 9.17) is 4.74 Å². The number of fused-ring (bicyclic) bond motifs is 1. The Morgan fingerprint density at radius 2 is 2.19 bits per heavy atom. The Kier molecular flexibility index (Phi) is 8.21. The van der Waals surface area contributed by atoms with Gasteiger partial charge in [0.05, 0.1) is 6.61 Å². The lowest BCUT2D eigenvalue weighted by molar-refractivity contribution is 0.115. The molecule has 0 bridgehead atoms. The van der Waals surface area contributed by atoms with Crippen molar-refractivity contribution in [3.05, 3.63) is 35.5 Å². The largest absolute Gasteiger partial charge is 0.379 e. The number of hydrogen-bond acceptors (Lipinski definition) is 2. The van der Waals surface area contributed by atoms with Gasteiger partial charge in [-0.2, -0.15) is 0 Å². The topological polar surface area (TPSA) is 52.7 Å². The molecule has 1 fully saturated rings. The molecule has 1 aliphatic rings. The Hall–Kier alpha value is -1.28. The standard InChI is InChI=1S/C20H30N4O.HI/c1-15-5-4-6-18-17(13-23-19(15)18)9-10-22-20(21-2)24(3)11-12-25-14-16-7-8-16;/h4-6,13,16,23H,7-12,14H2,1-3H3,(H,21,22);1H. The molecule has 0 unspecified atom stereocenters. The number of hydrogen-bond donors (Lipinski definition) is 2. The van der Waals surface area contributed by atoms with Gasteiger partial charge in [0.1, 0.15) is 0 Å². The molecule has 0 radical (unpaired) electrons. The monoisotopic (exact) mass is 470 g/mol. The smallest absolute Gasteiger partial charge is 0.193 e. The minimum Gasteiger partial charge on any atom is -0.379 e. The number of benzene rings is 1. The van der Waals surface area contributed by atoms with Crippen molar-refractivity contribution in [3.8, 4) is 0 Å². The van der Waals surface area contributed by atoms with Gasteiger partial charge < -0.3 is 19.9 Å². The summed E-state index contributed by atoms with van der Waals surface area (Å²) in [5.41, 5.74) is 3.88. The number of para-hydroxylation sites is 1. The van der Waals surface area contributed by atoms with Gasteiger partial charge in [-0.1, -0.05) is 18.2 Å². The van der Waals surface area contributed by atoms with Gasteiger partial charge in [0, 0.05) is 50.9 Å². The minimum atomic E-state index is 0. The lowest BCUT2D eigenvalue weighted by Crippen LogP contribution is -2.41. The number of aromatic amines is 1. The van der Waals surface area contributed by atoms with Crippen molar-refractivity contribution in [1.29, 1.82) is 0 Å². The third kappa shape index (κ3) is 5.61. The number of aryl methyl sites for hydroxylation is 1. The Balaban J connectivity index is 0.00000243. The van der Waals surface area contributed by atoms with Crippen LogP contribution in [0.1, 0.15) is 24.0 Å². The van der Waals surface area contributed by atoms with Crippen molar-refractivity contribution in [3.63, 3.8) is 0 Å². The number of rotatable bonds is 8. The Morgan fingerprint density at radius 3 is 2.92 bits per heavy atom. The number of nitrogens with zero attached hydrogens (tertiary/aromatic N) is 2. The van der Waals surface area contributed by atoms with E-state index < -0.39 is 0 Å². The van der Waals surface area contributed by atoms with Crippen LogP contribution in [-0.2, 0) is 11.2 Å². The molecule has 1 aromatic heterocycles. The molecular weight excluding hydrogens is 439 g/mol. The highest BCUT2D eigenvalue weighted by Gasteiger charge is 2.21. The van der Waals surface area contributed by atoms with Crippen molar-refractivity contribution in [1.82, 2.24) is 15.2 Å². The summed E-state index contributed by atoms with van der Waals surface area (Å²) in [6.07, 6.45) is 5.77. The maximum absolute atomic E-state index is 5.72. The molecular formula is C20H31IN4O. The van der Waals surface area contributed by atoms with E-state index in [1.807, 2.05) is 7.05 Å². The molecule has 2 N–H and O–H groups in total. The summed E-state index contributed by atoms with van der Waals surface area (Å²) in [7, 11) is 3.89. The molecule has 6 heteroatoms. The Labute approximate surface area is 173 Å². The number of nitrogens with one attached hydrogen (secondary N) is 2. The van der Waals surface area contributed by atoms with Crippen LogP contribution in [0.3, 0.4) is 0 Å². The third-order valence-corrected chi connectivity index (χ3v) is 4.88. The number of halogens is 1. The second-order valence-electron chi connectivity index (χ2n) is 6.98. The summed E-state index contributed by atoms with van der Waals surface area (Å²) in [5.74, 6) is 1.74. The van der Waals surface area contributed by atoms with Gasteiger partial charge in [-0.3, -0.25) is 4.99 Å². The van der Waals surface area contributed by atoms with E-state index in [2.05, 4.69) is 58.6 Å². The molecule has 0 amide bonds. The fourth-order valence-electron chi connectivity index (χ4n) is 3.11. The summed E-state index contributed by atoms with van der Waals surface area (Å²) in [5, 5.41) is 4.77. The van der Waals surface area contributed by atoms with E-state index in [0.29, 0.717) is 0 Å². The predicted molar refractivity (Wildman–Crippen MR) is 120 cm³/mol. The van der Waals surface area contributed by atoms with E-state index in [9.17, 15) is 0 Å². The van der Waals surface area contributed by atoms with Crippen molar-refractivity contribution < 1.29 is 4.74 Å². The first-order valence-electron chi connectivity index (χ1n) is 9.24. The quantitative estimate of drug-likeness (QED) is 0.269. The number of guanidine groups is 1. The van der Waals surface area contributed by atoms with Gasteiger partial charge in [-0.25, -0.2) is 0 Å². The van der Waals surface area contributed by atoms with E-state index in [1.54, 1.807) is 0 Å². The van der Waals surface area contributed by atoms with Crippen LogP contribution in [-0.4, -0.2) is 56.2 Å². The third-order valence-electron chi connectivity index (χ3n) is 4.88. The molecule has 26 heavy (non-hydrogen) atoms. The Morgan fingerprint density at radius 1 is 1.38 bits per heavy atom. The minimum absolute atomic E-state index is 0. The van der Waals surface area contributed by atoms with Crippen LogP contribution < -0.4 is 5.32 Å². The SMILES string of the molecule is CN=C(NCCc1c[nH]c2c(C)cccc12)N(C)CCOCC1CC1.I. The molecule has 144 valence electrons. The van der Waals surface area contributed by atoms with Crippen LogP contribution in [0.25, 0.3) is 10.9 Å². The molecule has 1 aromatic carbocycles. The number of aliphatic imine (C=N–C) groups is 1. The molecule has 2 aromatic rings. The second-order valence-corrected chi connectivity index (χ2v) is 6.98. The van der Waals surface area contributed by atoms with Crippen molar-refractivity contribution in [2.45, 2.75) is 26.2 Å². The first-order chi connectivity index (χ1) is 12.2. The lowest BCUT2D eigenvalue weighted by Gasteiger charge is -2.22. The van der Waals surface area contributed by atoms with Crippen molar-refractivity contribution in [2.24, 2.45) is 10.9 Å². The van der Waals surface area contributed by atoms with Crippen molar-refractivity contribution >= 4 is 40.8 Å². The fraction of sp³-hybridized carbons (Fsp3) is 0.550. The number of ether oxygens (including phenoxy) is 1. The van der Waals surface area contributed by atoms with Crippen LogP contribution in [0.15, 0.2) is 29.4 Å². The Bertz CT molecular complexity index is 724. The normalized spacial score (nSPS) is 14.3. The molecule has 1 saturated carbocycles. The average Bonchev–Trinajstić information content (AvgIpc) is 3.35. The van der Waals surface area contributed by atoms with Crippen LogP contribution >= 0.6 is 24.0 Å². The molecule has 5 nitrogen and oxygen atoms in total. The summed E-state index contributed by atoms with van der Waals surface area (Å²) in [6, 6.07) is 6.45. The maximum atomic E-state index is 5.72. The maximum Gasteiger partial charge on any atom is 0.193 e. The highest BCUT2D eigenvalue weighted by atomic mass is 127. The van der Waals surface area contributed by atoms with Crippen LogP contribution in [0.5, 0.6) is 0 Å². The van der Waals surface area contributed by atoms with Crippen LogP contribution in [0.4, 0.5) is 0 Å². The van der Waals surface area contributed by atoms with Crippen LogP contribution in [0, 0.1) is 12.8 Å². The molecule has 0 atom stereocenters. The summed E-state index contributed by atoms with van der Waals surface area (Å²) in [6.45, 7) is 5.54. The summed E-state index contributed by atoms with van der Waals surface area (Å²) < 4.78 is 5.72. The van der Waals surface area contributed by atoms with Crippen LogP contribution in [0.2, 0.25) is 0 Å². The molecule has 1 aliphatic carbocycles. The number of likely N-dealkylation sites (N-methyl/N-ethyl adjacent to an activating group) is 1. The molecule has 0 aliphatic heterocycles. The molecule has 0 saturated heterocycles. The summed E-state index contributed by atoms with van der Waals surface area (Å²) in [4.78, 5) is 9.90. The summed E-state index contributed by atoms with van der Waals surface area (Å²) >= 11 is 0. The average molecular weight is 470 g/mol.